The minimum atomic E-state index is -1.34. The number of carbonyl (C=O) groups excluding carboxylic acids is 4. The highest BCUT2D eigenvalue weighted by molar-refractivity contribution is 6.01. The molecular formula is C31H42O8. The lowest BCUT2D eigenvalue weighted by Crippen LogP contribution is -2.66. The van der Waals surface area contributed by atoms with Crippen LogP contribution in [0.15, 0.2) is 23.8 Å². The van der Waals surface area contributed by atoms with Crippen LogP contribution in [0.5, 0.6) is 0 Å². The zero-order valence-corrected chi connectivity index (χ0v) is 23.8. The Morgan fingerprint density at radius 2 is 1.92 bits per heavy atom. The van der Waals surface area contributed by atoms with Gasteiger partial charge in [0.05, 0.1) is 18.6 Å². The maximum absolute atomic E-state index is 14.1. The third-order valence-electron chi connectivity index (χ3n) is 10.8. The van der Waals surface area contributed by atoms with Crippen molar-refractivity contribution >= 4 is 23.3 Å². The van der Waals surface area contributed by atoms with E-state index < -0.39 is 47.5 Å². The fourth-order valence-corrected chi connectivity index (χ4v) is 9.28. The Labute approximate surface area is 230 Å². The maximum atomic E-state index is 14.1. The highest BCUT2D eigenvalue weighted by Gasteiger charge is 2.78. The van der Waals surface area contributed by atoms with Crippen molar-refractivity contribution < 1.29 is 38.5 Å². The van der Waals surface area contributed by atoms with Crippen molar-refractivity contribution in [2.45, 2.75) is 110 Å². The van der Waals surface area contributed by atoms with Crippen molar-refractivity contribution in [2.75, 3.05) is 6.61 Å². The minimum Gasteiger partial charge on any atom is -0.458 e. The summed E-state index contributed by atoms with van der Waals surface area (Å²) in [4.78, 5) is 49.9. The molecule has 8 heteroatoms. The summed E-state index contributed by atoms with van der Waals surface area (Å²) in [6.45, 7) is 9.37. The average molecular weight is 543 g/mol. The van der Waals surface area contributed by atoms with Gasteiger partial charge >= 0.3 is 5.97 Å². The van der Waals surface area contributed by atoms with E-state index in [1.807, 2.05) is 19.9 Å². The van der Waals surface area contributed by atoms with Gasteiger partial charge in [0.25, 0.3) is 0 Å². The van der Waals surface area contributed by atoms with Crippen LogP contribution in [0.1, 0.15) is 86.0 Å². The summed E-state index contributed by atoms with van der Waals surface area (Å²) in [6.07, 6.45) is 7.47. The van der Waals surface area contributed by atoms with E-state index in [1.54, 1.807) is 12.2 Å². The lowest BCUT2D eigenvalue weighted by atomic mass is 9.40. The van der Waals surface area contributed by atoms with Crippen molar-refractivity contribution in [3.8, 4) is 0 Å². The number of ether oxygens (including phenoxy) is 3. The summed E-state index contributed by atoms with van der Waals surface area (Å²) in [6, 6.07) is 0. The number of hydrogen-bond acceptors (Lipinski definition) is 8. The van der Waals surface area contributed by atoms with E-state index in [9.17, 15) is 24.3 Å². The third-order valence-corrected chi connectivity index (χ3v) is 10.8. The van der Waals surface area contributed by atoms with Crippen LogP contribution in [0.2, 0.25) is 0 Å². The van der Waals surface area contributed by atoms with E-state index in [2.05, 4.69) is 13.8 Å². The number of hydrogen-bond donors (Lipinski definition) is 1. The molecule has 1 saturated heterocycles. The Morgan fingerprint density at radius 1 is 1.18 bits per heavy atom. The summed E-state index contributed by atoms with van der Waals surface area (Å²) in [5, 5.41) is 11.9. The Balaban J connectivity index is 1.49. The second-order valence-corrected chi connectivity index (χ2v) is 13.1. The highest BCUT2D eigenvalue weighted by Crippen LogP contribution is 2.73. The van der Waals surface area contributed by atoms with Crippen LogP contribution in [0, 0.1) is 28.1 Å². The van der Waals surface area contributed by atoms with Crippen LogP contribution in [-0.4, -0.2) is 59.1 Å². The van der Waals surface area contributed by atoms with E-state index in [4.69, 9.17) is 14.2 Å². The number of esters is 1. The molecule has 0 aromatic carbocycles. The summed E-state index contributed by atoms with van der Waals surface area (Å²) in [5.41, 5.74) is -1.82. The van der Waals surface area contributed by atoms with Gasteiger partial charge < -0.3 is 24.1 Å². The molecule has 3 saturated carbocycles. The van der Waals surface area contributed by atoms with Gasteiger partial charge in [0.2, 0.25) is 5.78 Å². The Hall–Kier alpha value is -2.16. The lowest BCUT2D eigenvalue weighted by molar-refractivity contribution is -0.220. The van der Waals surface area contributed by atoms with Crippen LogP contribution < -0.4 is 0 Å². The SMILES string of the molecule is CCCC1O[C@@H]2C[C@H]3[C@]4(C)CCC5=CC(=O)C=C[C@]5(C)[C@H]4[C@@H](O)C[C@]3(C)[C@]2(C(=O)COC(=O)CCC(C)=O)O1. The van der Waals surface area contributed by atoms with E-state index in [-0.39, 0.29) is 47.4 Å². The van der Waals surface area contributed by atoms with Crippen LogP contribution in [0.3, 0.4) is 0 Å². The second kappa shape index (κ2) is 9.74. The summed E-state index contributed by atoms with van der Waals surface area (Å²) in [5.74, 6) is -1.19. The molecule has 0 aromatic rings. The van der Waals surface area contributed by atoms with Crippen molar-refractivity contribution in [3.63, 3.8) is 0 Å². The molecule has 0 aromatic heterocycles. The Morgan fingerprint density at radius 3 is 2.62 bits per heavy atom. The number of fused-ring (bicyclic) bond motifs is 7. The van der Waals surface area contributed by atoms with Crippen LogP contribution in [0.4, 0.5) is 0 Å². The zero-order valence-electron chi connectivity index (χ0n) is 23.8. The van der Waals surface area contributed by atoms with Crippen LogP contribution in [-0.2, 0) is 33.4 Å². The second-order valence-electron chi connectivity index (χ2n) is 13.1. The molecule has 5 aliphatic rings. The van der Waals surface area contributed by atoms with Gasteiger partial charge in [-0.25, -0.2) is 0 Å². The topological polar surface area (TPSA) is 116 Å². The standard InChI is InChI=1S/C31H42O8/c1-6-7-26-38-24-15-22-29(4)12-10-19-14-20(33)11-13-28(19,3)27(29)21(34)16-30(22,5)31(24,39-26)23(35)17-37-25(36)9-8-18(2)32/h11,13-14,21-22,24,26-27,34H,6-10,12,15-17H2,1-5H3/t21-,22-,24+,26?,27+,28-,29-,30-,31+/m0/s1. The van der Waals surface area contributed by atoms with Crippen molar-refractivity contribution in [1.82, 2.24) is 0 Å². The molecule has 0 amide bonds. The minimum absolute atomic E-state index is 0.00717. The number of carbonyl (C=O) groups is 4. The van der Waals surface area contributed by atoms with Gasteiger partial charge in [-0.1, -0.05) is 45.8 Å². The van der Waals surface area contributed by atoms with Crippen molar-refractivity contribution in [2.24, 2.45) is 28.1 Å². The van der Waals surface area contributed by atoms with Gasteiger partial charge in [-0.3, -0.25) is 14.4 Å². The lowest BCUT2D eigenvalue weighted by Gasteiger charge is -2.64. The zero-order chi connectivity index (χ0) is 28.4. The molecule has 0 bridgehead atoms. The van der Waals surface area contributed by atoms with E-state index >= 15 is 0 Å². The normalized spacial score (nSPS) is 44.1. The van der Waals surface area contributed by atoms with Crippen LogP contribution in [0.25, 0.3) is 0 Å². The number of ketones is 3. The molecule has 39 heavy (non-hydrogen) atoms. The fraction of sp³-hybridized carbons (Fsp3) is 0.742. The molecule has 1 aliphatic heterocycles. The molecule has 214 valence electrons. The average Bonchev–Trinajstić information content (AvgIpc) is 3.34. The number of rotatable bonds is 8. The molecule has 8 nitrogen and oxygen atoms in total. The van der Waals surface area contributed by atoms with Crippen molar-refractivity contribution in [1.29, 1.82) is 0 Å². The van der Waals surface area contributed by atoms with E-state index in [1.165, 1.54) is 6.92 Å². The molecule has 4 aliphatic carbocycles. The van der Waals surface area contributed by atoms with Gasteiger partial charge in [-0.2, -0.15) is 0 Å². The van der Waals surface area contributed by atoms with E-state index in [0.29, 0.717) is 19.3 Å². The molecule has 1 heterocycles. The Bertz CT molecular complexity index is 1140. The first-order valence-corrected chi connectivity index (χ1v) is 14.5. The van der Waals surface area contributed by atoms with E-state index in [0.717, 1.165) is 24.8 Å². The van der Waals surface area contributed by atoms with Gasteiger partial charge in [-0.05, 0) is 62.5 Å². The molecule has 9 atom stereocenters. The predicted octanol–water partition coefficient (Wildman–Crippen LogP) is 4.03. The van der Waals surface area contributed by atoms with Gasteiger partial charge in [0.1, 0.15) is 5.78 Å². The molecule has 1 unspecified atom stereocenters. The summed E-state index contributed by atoms with van der Waals surface area (Å²) < 4.78 is 18.4. The van der Waals surface area contributed by atoms with Gasteiger partial charge in [-0.15, -0.1) is 0 Å². The number of allylic oxidation sites excluding steroid dienone is 4. The molecular weight excluding hydrogens is 500 g/mol. The first-order valence-electron chi connectivity index (χ1n) is 14.5. The smallest absolute Gasteiger partial charge is 0.306 e. The quantitative estimate of drug-likeness (QED) is 0.457. The molecule has 5 rings (SSSR count). The Kier molecular flexibility index (Phi) is 7.08. The maximum Gasteiger partial charge on any atom is 0.306 e. The molecule has 4 fully saturated rings. The highest BCUT2D eigenvalue weighted by atomic mass is 16.7. The molecule has 0 spiro atoms. The summed E-state index contributed by atoms with van der Waals surface area (Å²) in [7, 11) is 0. The van der Waals surface area contributed by atoms with Crippen molar-refractivity contribution in [3.05, 3.63) is 23.8 Å². The third kappa shape index (κ3) is 4.12. The van der Waals surface area contributed by atoms with Gasteiger partial charge in [0.15, 0.2) is 24.3 Å². The summed E-state index contributed by atoms with van der Waals surface area (Å²) >= 11 is 0. The first-order chi connectivity index (χ1) is 18.3. The fourth-order valence-electron chi connectivity index (χ4n) is 9.28. The number of aliphatic hydroxyl groups excluding tert-OH is 1. The van der Waals surface area contributed by atoms with Crippen LogP contribution >= 0.6 is 0 Å². The number of aliphatic hydroxyl groups is 1. The largest absolute Gasteiger partial charge is 0.458 e. The monoisotopic (exact) mass is 542 g/mol. The predicted molar refractivity (Wildman–Crippen MR) is 141 cm³/mol. The molecule has 1 N–H and O–H groups in total. The number of Topliss-reactive ketones (excluding diaryl/α,β-unsaturated/α-hetero) is 2. The van der Waals surface area contributed by atoms with Gasteiger partial charge in [0, 0.05) is 23.2 Å². The molecule has 0 radical (unpaired) electrons. The first kappa shape index (κ1) is 28.4.